The Balaban J connectivity index is 1.75. The second-order valence-electron chi connectivity index (χ2n) is 8.60. The highest BCUT2D eigenvalue weighted by molar-refractivity contribution is 5.94. The zero-order valence-corrected chi connectivity index (χ0v) is 19.1. The normalized spacial score (nSPS) is 14.8. The summed E-state index contributed by atoms with van der Waals surface area (Å²) in [5.74, 6) is 0.123. The van der Waals surface area contributed by atoms with E-state index in [9.17, 15) is 18.0 Å². The lowest BCUT2D eigenvalue weighted by molar-refractivity contribution is -0.137. The van der Waals surface area contributed by atoms with Crippen LogP contribution in [0.25, 0.3) is 0 Å². The zero-order valence-electron chi connectivity index (χ0n) is 19.1. The molecule has 32 heavy (non-hydrogen) atoms. The van der Waals surface area contributed by atoms with Gasteiger partial charge in [-0.05, 0) is 49.9 Å². The van der Waals surface area contributed by atoms with Crippen LogP contribution in [0.2, 0.25) is 0 Å². The maximum atomic E-state index is 13.3. The fourth-order valence-electron chi connectivity index (χ4n) is 3.96. The van der Waals surface area contributed by atoms with E-state index >= 15 is 0 Å². The minimum absolute atomic E-state index is 0.161. The first-order valence-corrected chi connectivity index (χ1v) is 10.9. The van der Waals surface area contributed by atoms with Crippen molar-refractivity contribution in [2.24, 2.45) is 5.92 Å². The molecule has 1 aliphatic rings. The third-order valence-corrected chi connectivity index (χ3v) is 5.62. The third kappa shape index (κ3) is 5.82. The van der Waals surface area contributed by atoms with Crippen LogP contribution in [0.15, 0.2) is 18.2 Å². The van der Waals surface area contributed by atoms with Gasteiger partial charge in [0.1, 0.15) is 0 Å². The van der Waals surface area contributed by atoms with Crippen LogP contribution in [0.3, 0.4) is 0 Å². The maximum Gasteiger partial charge on any atom is 0.416 e. The predicted octanol–water partition coefficient (Wildman–Crippen LogP) is 4.58. The van der Waals surface area contributed by atoms with Gasteiger partial charge >= 0.3 is 6.18 Å². The molecule has 0 aliphatic carbocycles. The Hall–Kier alpha value is -2.55. The quantitative estimate of drug-likeness (QED) is 0.668. The Morgan fingerprint density at radius 3 is 2.53 bits per heavy atom. The number of hydrogen-bond donors (Lipinski definition) is 1. The predicted molar refractivity (Wildman–Crippen MR) is 118 cm³/mol. The number of aromatic nitrogens is 2. The smallest absolute Gasteiger partial charge is 0.378 e. The van der Waals surface area contributed by atoms with Crippen LogP contribution in [0.1, 0.15) is 42.8 Å². The summed E-state index contributed by atoms with van der Waals surface area (Å²) in [6.07, 6.45) is -3.84. The molecule has 176 valence electrons. The lowest BCUT2D eigenvalue weighted by Gasteiger charge is -2.31. The van der Waals surface area contributed by atoms with Crippen LogP contribution < -0.4 is 10.2 Å². The van der Waals surface area contributed by atoms with E-state index in [1.807, 2.05) is 23.4 Å². The first kappa shape index (κ1) is 24.1. The summed E-state index contributed by atoms with van der Waals surface area (Å²) < 4.78 is 47.1. The molecule has 1 aromatic carbocycles. The van der Waals surface area contributed by atoms with Gasteiger partial charge < -0.3 is 15.0 Å². The number of amides is 1. The number of ether oxygens (including phenoxy) is 1. The van der Waals surface area contributed by atoms with Crippen LogP contribution in [-0.2, 0) is 28.7 Å². The first-order chi connectivity index (χ1) is 15.1. The van der Waals surface area contributed by atoms with Gasteiger partial charge in [-0.1, -0.05) is 13.8 Å². The van der Waals surface area contributed by atoms with Gasteiger partial charge in [-0.15, -0.1) is 0 Å². The number of rotatable bonds is 7. The molecule has 3 rings (SSSR count). The number of anilines is 2. The van der Waals surface area contributed by atoms with Crippen molar-refractivity contribution in [3.05, 3.63) is 40.7 Å². The Kier molecular flexibility index (Phi) is 7.48. The summed E-state index contributed by atoms with van der Waals surface area (Å²) in [4.78, 5) is 14.7. The molecule has 1 fully saturated rings. The van der Waals surface area contributed by atoms with Gasteiger partial charge in [-0.3, -0.25) is 9.48 Å². The highest BCUT2D eigenvalue weighted by Gasteiger charge is 2.32. The number of aryl methyl sites for hydroxylation is 1. The van der Waals surface area contributed by atoms with Gasteiger partial charge in [-0.25, -0.2) is 0 Å². The molecule has 0 saturated carbocycles. The van der Waals surface area contributed by atoms with E-state index in [0.717, 1.165) is 35.6 Å². The van der Waals surface area contributed by atoms with Crippen molar-refractivity contribution in [3.8, 4) is 0 Å². The molecule has 1 aromatic heterocycles. The Labute approximate surface area is 186 Å². The highest BCUT2D eigenvalue weighted by Crippen LogP contribution is 2.36. The van der Waals surface area contributed by atoms with E-state index in [1.54, 1.807) is 0 Å². The second kappa shape index (κ2) is 9.94. The molecule has 0 atom stereocenters. The zero-order chi connectivity index (χ0) is 23.5. The fraction of sp³-hybridized carbons (Fsp3) is 0.565. The van der Waals surface area contributed by atoms with E-state index in [0.29, 0.717) is 44.3 Å². The van der Waals surface area contributed by atoms with Crippen molar-refractivity contribution in [2.75, 3.05) is 36.5 Å². The van der Waals surface area contributed by atoms with Gasteiger partial charge in [-0.2, -0.15) is 18.3 Å². The van der Waals surface area contributed by atoms with E-state index in [1.165, 1.54) is 6.07 Å². The topological polar surface area (TPSA) is 59.4 Å². The highest BCUT2D eigenvalue weighted by atomic mass is 19.4. The number of benzene rings is 1. The molecule has 1 N–H and O–H groups in total. The van der Waals surface area contributed by atoms with Crippen LogP contribution in [0, 0.1) is 19.8 Å². The number of nitrogens with one attached hydrogen (secondary N) is 1. The first-order valence-electron chi connectivity index (χ1n) is 10.9. The SMILES string of the molecule is Cc1nn(CC(C)C)c(C)c1CCC(=O)Nc1cc(C(F)(F)F)ccc1N1CCOCC1. The number of carbonyl (C=O) groups is 1. The van der Waals surface area contributed by atoms with Crippen molar-refractivity contribution < 1.29 is 22.7 Å². The molecule has 1 aliphatic heterocycles. The molecule has 1 amide bonds. The maximum absolute atomic E-state index is 13.3. The Bertz CT molecular complexity index is 947. The van der Waals surface area contributed by atoms with E-state index in [4.69, 9.17) is 4.74 Å². The van der Waals surface area contributed by atoms with E-state index in [2.05, 4.69) is 24.3 Å². The lowest BCUT2D eigenvalue weighted by Crippen LogP contribution is -2.36. The van der Waals surface area contributed by atoms with Gasteiger partial charge in [0.15, 0.2) is 0 Å². The van der Waals surface area contributed by atoms with Gasteiger partial charge in [0.05, 0.1) is 35.8 Å². The number of alkyl halides is 3. The minimum atomic E-state index is -4.48. The number of morpholine rings is 1. The molecular weight excluding hydrogens is 421 g/mol. The average molecular weight is 453 g/mol. The molecule has 0 spiro atoms. The van der Waals surface area contributed by atoms with Crippen molar-refractivity contribution in [1.29, 1.82) is 0 Å². The van der Waals surface area contributed by atoms with Gasteiger partial charge in [0, 0.05) is 31.7 Å². The largest absolute Gasteiger partial charge is 0.416 e. The van der Waals surface area contributed by atoms with E-state index in [-0.39, 0.29) is 18.0 Å². The summed E-state index contributed by atoms with van der Waals surface area (Å²) in [6, 6.07) is 3.49. The average Bonchev–Trinajstić information content (AvgIpc) is 2.98. The molecule has 0 radical (unpaired) electrons. The molecule has 2 aromatic rings. The van der Waals surface area contributed by atoms with Crippen molar-refractivity contribution in [2.45, 2.75) is 53.3 Å². The van der Waals surface area contributed by atoms with Gasteiger partial charge in [0.25, 0.3) is 0 Å². The number of carbonyl (C=O) groups excluding carboxylic acids is 1. The summed E-state index contributed by atoms with van der Waals surface area (Å²) in [6.45, 7) is 11.0. The van der Waals surface area contributed by atoms with Crippen LogP contribution in [0.4, 0.5) is 24.5 Å². The molecule has 1 saturated heterocycles. The van der Waals surface area contributed by atoms with Crippen molar-refractivity contribution in [3.63, 3.8) is 0 Å². The summed E-state index contributed by atoms with van der Waals surface area (Å²) in [5, 5.41) is 7.29. The summed E-state index contributed by atoms with van der Waals surface area (Å²) in [5.41, 5.74) is 2.88. The van der Waals surface area contributed by atoms with Crippen LogP contribution >= 0.6 is 0 Å². The van der Waals surface area contributed by atoms with Crippen molar-refractivity contribution in [1.82, 2.24) is 9.78 Å². The lowest BCUT2D eigenvalue weighted by atomic mass is 10.1. The number of nitrogens with zero attached hydrogens (tertiary/aromatic N) is 3. The Morgan fingerprint density at radius 2 is 1.91 bits per heavy atom. The molecule has 2 heterocycles. The number of hydrogen-bond acceptors (Lipinski definition) is 4. The fourth-order valence-corrected chi connectivity index (χ4v) is 3.96. The minimum Gasteiger partial charge on any atom is -0.378 e. The number of halogens is 3. The molecule has 9 heteroatoms. The summed E-state index contributed by atoms with van der Waals surface area (Å²) >= 11 is 0. The molecule has 0 bridgehead atoms. The molecular formula is C23H31F3N4O2. The monoisotopic (exact) mass is 452 g/mol. The summed E-state index contributed by atoms with van der Waals surface area (Å²) in [7, 11) is 0. The molecule has 0 unspecified atom stereocenters. The van der Waals surface area contributed by atoms with Crippen molar-refractivity contribution >= 4 is 17.3 Å². The second-order valence-corrected chi connectivity index (χ2v) is 8.60. The standard InChI is InChI=1S/C23H31F3N4O2/c1-15(2)14-30-17(4)19(16(3)28-30)6-8-22(31)27-20-13-18(23(24,25)26)5-7-21(20)29-9-11-32-12-10-29/h5,7,13,15H,6,8-12,14H2,1-4H3,(H,27,31). The van der Waals surface area contributed by atoms with Gasteiger partial charge in [0.2, 0.25) is 5.91 Å². The van der Waals surface area contributed by atoms with Crippen LogP contribution in [-0.4, -0.2) is 42.0 Å². The third-order valence-electron chi connectivity index (χ3n) is 5.62. The Morgan fingerprint density at radius 1 is 1.22 bits per heavy atom. The molecule has 6 nitrogen and oxygen atoms in total. The van der Waals surface area contributed by atoms with E-state index < -0.39 is 11.7 Å². The van der Waals surface area contributed by atoms with Crippen LogP contribution in [0.5, 0.6) is 0 Å².